The molecule has 0 radical (unpaired) electrons. The summed E-state index contributed by atoms with van der Waals surface area (Å²) in [7, 11) is 3.14. The second kappa shape index (κ2) is 8.88. The van der Waals surface area contributed by atoms with Crippen molar-refractivity contribution in [2.75, 3.05) is 19.5 Å². The zero-order valence-electron chi connectivity index (χ0n) is 17.2. The van der Waals surface area contributed by atoms with Crippen LogP contribution in [0, 0.1) is 6.92 Å². The Morgan fingerprint density at radius 1 is 1.19 bits per heavy atom. The average molecular weight is 436 g/mol. The van der Waals surface area contributed by atoms with Crippen LogP contribution in [0.2, 0.25) is 0 Å². The topological polar surface area (TPSA) is 91.4 Å². The van der Waals surface area contributed by atoms with Gasteiger partial charge in [0.05, 0.1) is 26.2 Å². The highest BCUT2D eigenvalue weighted by molar-refractivity contribution is 7.12. The highest BCUT2D eigenvalue weighted by Gasteiger charge is 2.14. The van der Waals surface area contributed by atoms with E-state index in [9.17, 15) is 4.79 Å². The van der Waals surface area contributed by atoms with Crippen molar-refractivity contribution < 1.29 is 18.7 Å². The normalized spacial score (nSPS) is 11.1. The average Bonchev–Trinajstić information content (AvgIpc) is 3.52. The molecule has 1 aromatic carbocycles. The number of aromatic nitrogens is 3. The van der Waals surface area contributed by atoms with Crippen LogP contribution in [0.4, 0.5) is 5.82 Å². The van der Waals surface area contributed by atoms with Gasteiger partial charge in [0.15, 0.2) is 17.3 Å². The molecule has 9 heteroatoms. The molecule has 1 amide bonds. The van der Waals surface area contributed by atoms with Gasteiger partial charge in [-0.25, -0.2) is 4.98 Å². The molecule has 4 aromatic rings. The van der Waals surface area contributed by atoms with E-state index in [0.29, 0.717) is 33.9 Å². The Morgan fingerprint density at radius 3 is 2.77 bits per heavy atom. The number of hydrogen-bond donors (Lipinski definition) is 1. The van der Waals surface area contributed by atoms with Crippen molar-refractivity contribution >= 4 is 29.1 Å². The molecular weight excluding hydrogens is 416 g/mol. The maximum Gasteiger partial charge on any atom is 0.249 e. The van der Waals surface area contributed by atoms with Gasteiger partial charge in [0, 0.05) is 17.5 Å². The lowest BCUT2D eigenvalue weighted by Gasteiger charge is -2.07. The van der Waals surface area contributed by atoms with Crippen molar-refractivity contribution in [2.45, 2.75) is 6.92 Å². The second-order valence-electron chi connectivity index (χ2n) is 6.51. The third-order valence-corrected chi connectivity index (χ3v) is 5.18. The van der Waals surface area contributed by atoms with Crippen molar-refractivity contribution in [2.24, 2.45) is 0 Å². The number of anilines is 1. The van der Waals surface area contributed by atoms with Crippen molar-refractivity contribution in [1.29, 1.82) is 0 Å². The molecular formula is C22H20N4O4S. The van der Waals surface area contributed by atoms with E-state index in [0.717, 1.165) is 11.3 Å². The summed E-state index contributed by atoms with van der Waals surface area (Å²) in [6, 6.07) is 10.9. The summed E-state index contributed by atoms with van der Waals surface area (Å²) < 4.78 is 17.5. The first-order chi connectivity index (χ1) is 15.1. The molecule has 3 aromatic heterocycles. The summed E-state index contributed by atoms with van der Waals surface area (Å²) in [4.78, 5) is 17.1. The van der Waals surface area contributed by atoms with Crippen molar-refractivity contribution in [1.82, 2.24) is 14.8 Å². The van der Waals surface area contributed by atoms with Crippen LogP contribution in [0.15, 0.2) is 58.5 Å². The first-order valence-corrected chi connectivity index (χ1v) is 10.2. The fourth-order valence-electron chi connectivity index (χ4n) is 2.93. The molecule has 0 saturated heterocycles. The highest BCUT2D eigenvalue weighted by Crippen LogP contribution is 2.28. The molecule has 8 nitrogen and oxygen atoms in total. The third kappa shape index (κ3) is 4.51. The summed E-state index contributed by atoms with van der Waals surface area (Å²) in [5.41, 5.74) is 2.28. The van der Waals surface area contributed by atoms with E-state index in [1.807, 2.05) is 30.5 Å². The van der Waals surface area contributed by atoms with Crippen LogP contribution in [-0.4, -0.2) is 34.9 Å². The van der Waals surface area contributed by atoms with Gasteiger partial charge in [0.1, 0.15) is 11.5 Å². The van der Waals surface area contributed by atoms with Gasteiger partial charge < -0.3 is 19.2 Å². The quantitative estimate of drug-likeness (QED) is 0.427. The monoisotopic (exact) mass is 436 g/mol. The fraction of sp³-hybridized carbons (Fsp3) is 0.136. The Balaban J connectivity index is 1.51. The molecule has 0 bridgehead atoms. The molecule has 4 rings (SSSR count). The van der Waals surface area contributed by atoms with E-state index < -0.39 is 0 Å². The summed E-state index contributed by atoms with van der Waals surface area (Å²) in [5, 5.41) is 9.82. The van der Waals surface area contributed by atoms with Crippen LogP contribution in [0.3, 0.4) is 0 Å². The minimum Gasteiger partial charge on any atom is -0.493 e. The zero-order chi connectivity index (χ0) is 21.8. The van der Waals surface area contributed by atoms with E-state index in [1.165, 1.54) is 17.4 Å². The largest absolute Gasteiger partial charge is 0.493 e. The predicted molar refractivity (Wildman–Crippen MR) is 119 cm³/mol. The van der Waals surface area contributed by atoms with Gasteiger partial charge in [0.2, 0.25) is 11.0 Å². The lowest BCUT2D eigenvalue weighted by molar-refractivity contribution is -0.111. The van der Waals surface area contributed by atoms with Gasteiger partial charge in [-0.15, -0.1) is 11.3 Å². The van der Waals surface area contributed by atoms with Gasteiger partial charge in [-0.3, -0.25) is 4.79 Å². The van der Waals surface area contributed by atoms with Crippen LogP contribution in [-0.2, 0) is 4.79 Å². The Morgan fingerprint density at radius 2 is 2.03 bits per heavy atom. The number of furan rings is 1. The Hall–Kier alpha value is -3.85. The first kappa shape index (κ1) is 20.4. The Bertz CT molecular complexity index is 1220. The number of rotatable bonds is 7. The number of nitrogens with one attached hydrogen (secondary N) is 1. The van der Waals surface area contributed by atoms with Crippen LogP contribution in [0.5, 0.6) is 11.5 Å². The zero-order valence-corrected chi connectivity index (χ0v) is 18.0. The van der Waals surface area contributed by atoms with Crippen LogP contribution in [0.25, 0.3) is 22.7 Å². The van der Waals surface area contributed by atoms with Crippen molar-refractivity contribution in [3.05, 3.63) is 65.4 Å². The molecule has 0 fully saturated rings. The number of ether oxygens (including phenoxy) is 2. The van der Waals surface area contributed by atoms with Crippen LogP contribution in [0.1, 0.15) is 11.3 Å². The summed E-state index contributed by atoms with van der Waals surface area (Å²) in [5.74, 6) is 2.13. The molecule has 0 saturated carbocycles. The number of amides is 1. The predicted octanol–water partition coefficient (Wildman–Crippen LogP) is 4.57. The van der Waals surface area contributed by atoms with Gasteiger partial charge in [-0.2, -0.15) is 9.78 Å². The maximum absolute atomic E-state index is 12.5. The molecule has 0 spiro atoms. The van der Waals surface area contributed by atoms with E-state index in [2.05, 4.69) is 15.4 Å². The van der Waals surface area contributed by atoms with Crippen molar-refractivity contribution in [3.63, 3.8) is 0 Å². The maximum atomic E-state index is 12.5. The fourth-order valence-corrected chi connectivity index (χ4v) is 3.71. The number of benzene rings is 1. The smallest absolute Gasteiger partial charge is 0.249 e. The van der Waals surface area contributed by atoms with Gasteiger partial charge >= 0.3 is 0 Å². The second-order valence-corrected chi connectivity index (χ2v) is 7.35. The molecule has 0 aliphatic heterocycles. The van der Waals surface area contributed by atoms with Gasteiger partial charge in [0.25, 0.3) is 0 Å². The number of carbonyl (C=O) groups is 1. The summed E-state index contributed by atoms with van der Waals surface area (Å²) >= 11 is 1.41. The van der Waals surface area contributed by atoms with E-state index in [4.69, 9.17) is 13.9 Å². The lowest BCUT2D eigenvalue weighted by atomic mass is 10.2. The molecule has 158 valence electrons. The molecule has 0 aliphatic carbocycles. The number of thiazole rings is 1. The SMILES string of the molecule is COc1ccc(/C=C/C(=O)Nc2cc(C)nn2-c2nc(-c3ccco3)cs2)cc1OC. The summed E-state index contributed by atoms with van der Waals surface area (Å²) in [6.07, 6.45) is 4.75. The number of nitrogens with zero attached hydrogens (tertiary/aromatic N) is 3. The number of methoxy groups -OCH3 is 2. The Labute approximate surface area is 182 Å². The standard InChI is InChI=1S/C22H20N4O4S/c1-14-11-20(26(25-14)22-23-16(13-31-22)17-5-4-10-30-17)24-21(27)9-7-15-6-8-18(28-2)19(12-15)29-3/h4-13H,1-3H3,(H,24,27)/b9-7+. The van der Waals surface area contributed by atoms with Crippen molar-refractivity contribution in [3.8, 4) is 28.1 Å². The number of hydrogen-bond acceptors (Lipinski definition) is 7. The van der Waals surface area contributed by atoms with E-state index in [-0.39, 0.29) is 5.91 Å². The molecule has 0 aliphatic rings. The highest BCUT2D eigenvalue weighted by atomic mass is 32.1. The third-order valence-electron chi connectivity index (χ3n) is 4.36. The minimum absolute atomic E-state index is 0.293. The molecule has 31 heavy (non-hydrogen) atoms. The molecule has 0 unspecified atom stereocenters. The van der Waals surface area contributed by atoms with Crippen LogP contribution < -0.4 is 14.8 Å². The number of aryl methyl sites for hydroxylation is 1. The Kier molecular flexibility index (Phi) is 5.85. The minimum atomic E-state index is -0.293. The number of carbonyl (C=O) groups excluding carboxylic acids is 1. The van der Waals surface area contributed by atoms with E-state index >= 15 is 0 Å². The summed E-state index contributed by atoms with van der Waals surface area (Å²) in [6.45, 7) is 1.85. The molecule has 1 N–H and O–H groups in total. The van der Waals surface area contributed by atoms with Crippen LogP contribution >= 0.6 is 11.3 Å². The van der Waals surface area contributed by atoms with E-state index in [1.54, 1.807) is 49.4 Å². The molecule has 3 heterocycles. The van der Waals surface area contributed by atoms with Gasteiger partial charge in [-0.05, 0) is 42.8 Å². The molecule has 0 atom stereocenters. The lowest BCUT2D eigenvalue weighted by Crippen LogP contribution is -2.12. The first-order valence-electron chi connectivity index (χ1n) is 9.35. The van der Waals surface area contributed by atoms with Gasteiger partial charge in [-0.1, -0.05) is 6.07 Å².